The molecule has 0 aliphatic heterocycles. The van der Waals surface area contributed by atoms with Crippen molar-refractivity contribution in [3.05, 3.63) is 69.4 Å². The van der Waals surface area contributed by atoms with Gasteiger partial charge in [0.05, 0.1) is 5.69 Å². The molecule has 3 nitrogen and oxygen atoms in total. The Morgan fingerprint density at radius 3 is 2.53 bits per heavy atom. The molecule has 1 aromatic carbocycles. The predicted molar refractivity (Wildman–Crippen MR) is 78.8 cm³/mol. The number of rotatable bonds is 3. The highest BCUT2D eigenvalue weighted by atomic mass is 79.9. The first kappa shape index (κ1) is 13.3. The monoisotopic (exact) mass is 314 g/mol. The fourth-order valence-corrected chi connectivity index (χ4v) is 2.11. The first-order valence-electron chi connectivity index (χ1n) is 5.68. The summed E-state index contributed by atoms with van der Waals surface area (Å²) in [5, 5.41) is 8.91. The van der Waals surface area contributed by atoms with Crippen LogP contribution in [-0.2, 0) is 6.54 Å². The Hall–Kier alpha value is -2.12. The summed E-state index contributed by atoms with van der Waals surface area (Å²) in [6.07, 6.45) is 1.64. The second-order valence-corrected chi connectivity index (χ2v) is 4.87. The molecule has 4 heteroatoms. The van der Waals surface area contributed by atoms with E-state index in [9.17, 15) is 4.79 Å². The average molecular weight is 315 g/mol. The number of halogens is 1. The molecule has 0 bridgehead atoms. The molecule has 2 rings (SSSR count). The number of nitrogens with zero attached hydrogens (tertiary/aromatic N) is 2. The molecule has 0 amide bonds. The van der Waals surface area contributed by atoms with Gasteiger partial charge in [-0.3, -0.25) is 4.79 Å². The first-order chi connectivity index (χ1) is 9.17. The van der Waals surface area contributed by atoms with Gasteiger partial charge in [-0.25, -0.2) is 0 Å². The van der Waals surface area contributed by atoms with Crippen LogP contribution >= 0.6 is 15.9 Å². The fourth-order valence-electron chi connectivity index (χ4n) is 1.85. The van der Waals surface area contributed by atoms with Gasteiger partial charge >= 0.3 is 0 Å². The Bertz CT molecular complexity index is 708. The van der Waals surface area contributed by atoms with E-state index in [0.29, 0.717) is 6.54 Å². The van der Waals surface area contributed by atoms with Crippen molar-refractivity contribution < 1.29 is 0 Å². The Morgan fingerprint density at radius 2 is 1.95 bits per heavy atom. The second-order valence-electron chi connectivity index (χ2n) is 3.96. The van der Waals surface area contributed by atoms with Crippen LogP contribution < -0.4 is 5.56 Å². The zero-order chi connectivity index (χ0) is 13.8. The van der Waals surface area contributed by atoms with Crippen LogP contribution in [0.1, 0.15) is 5.56 Å². The number of benzene rings is 1. The van der Waals surface area contributed by atoms with Crippen LogP contribution in [-0.4, -0.2) is 4.57 Å². The van der Waals surface area contributed by atoms with E-state index in [-0.39, 0.29) is 11.1 Å². The minimum absolute atomic E-state index is 0.141. The van der Waals surface area contributed by atoms with Crippen molar-refractivity contribution in [3.8, 4) is 17.3 Å². The molecule has 0 N–H and O–H groups in total. The van der Waals surface area contributed by atoms with Gasteiger partial charge in [-0.1, -0.05) is 34.1 Å². The van der Waals surface area contributed by atoms with Crippen LogP contribution in [0.2, 0.25) is 0 Å². The lowest BCUT2D eigenvalue weighted by atomic mass is 10.1. The van der Waals surface area contributed by atoms with E-state index in [1.165, 1.54) is 0 Å². The normalized spacial score (nSPS) is 9.89. The summed E-state index contributed by atoms with van der Waals surface area (Å²) in [6.45, 7) is 4.03. The van der Waals surface area contributed by atoms with Crippen molar-refractivity contribution in [1.82, 2.24) is 4.57 Å². The lowest BCUT2D eigenvalue weighted by molar-refractivity contribution is 0.786. The number of aromatic nitrogens is 1. The number of hydrogen-bond donors (Lipinski definition) is 0. The summed E-state index contributed by atoms with van der Waals surface area (Å²) in [7, 11) is 0. The third kappa shape index (κ3) is 2.67. The van der Waals surface area contributed by atoms with Gasteiger partial charge in [0.2, 0.25) is 0 Å². The van der Waals surface area contributed by atoms with Gasteiger partial charge in [0.25, 0.3) is 5.56 Å². The second kappa shape index (κ2) is 5.68. The lowest BCUT2D eigenvalue weighted by Gasteiger charge is -2.11. The van der Waals surface area contributed by atoms with E-state index in [4.69, 9.17) is 5.26 Å². The van der Waals surface area contributed by atoms with E-state index in [2.05, 4.69) is 22.5 Å². The van der Waals surface area contributed by atoms with Crippen molar-refractivity contribution in [2.24, 2.45) is 0 Å². The molecule has 94 valence electrons. The average Bonchev–Trinajstić information content (AvgIpc) is 2.42. The highest BCUT2D eigenvalue weighted by Gasteiger charge is 2.09. The first-order valence-corrected chi connectivity index (χ1v) is 6.47. The predicted octanol–water partition coefficient (Wildman–Crippen LogP) is 3.34. The Morgan fingerprint density at radius 1 is 1.26 bits per heavy atom. The number of hydrogen-bond acceptors (Lipinski definition) is 2. The number of nitriles is 1. The maximum absolute atomic E-state index is 12.1. The Balaban J connectivity index is 2.67. The zero-order valence-corrected chi connectivity index (χ0v) is 11.7. The standard InChI is InChI=1S/C15H11BrN2O/c1-2-9-18-14(8-5-12(10-17)15(18)19)11-3-6-13(16)7-4-11/h2-8H,1,9H2. The van der Waals surface area contributed by atoms with Gasteiger partial charge in [0.1, 0.15) is 11.6 Å². The molecule has 0 unspecified atom stereocenters. The summed E-state index contributed by atoms with van der Waals surface area (Å²) < 4.78 is 2.52. The van der Waals surface area contributed by atoms with Crippen LogP contribution in [0.5, 0.6) is 0 Å². The molecule has 1 aromatic heterocycles. The van der Waals surface area contributed by atoms with Crippen LogP contribution in [0, 0.1) is 11.3 Å². The molecule has 0 spiro atoms. The molecule has 0 aliphatic rings. The van der Waals surface area contributed by atoms with E-state index < -0.39 is 0 Å². The number of pyridine rings is 1. The summed E-state index contributed by atoms with van der Waals surface area (Å²) in [5.41, 5.74) is 1.55. The van der Waals surface area contributed by atoms with Crippen molar-refractivity contribution in [2.75, 3.05) is 0 Å². The van der Waals surface area contributed by atoms with Crippen LogP contribution in [0.4, 0.5) is 0 Å². The van der Waals surface area contributed by atoms with Gasteiger partial charge in [0.15, 0.2) is 0 Å². The van der Waals surface area contributed by atoms with Crippen molar-refractivity contribution in [3.63, 3.8) is 0 Å². The molecule has 0 aliphatic carbocycles. The van der Waals surface area contributed by atoms with Crippen molar-refractivity contribution in [1.29, 1.82) is 5.26 Å². The highest BCUT2D eigenvalue weighted by Crippen LogP contribution is 2.21. The molecule has 0 fully saturated rings. The molecule has 19 heavy (non-hydrogen) atoms. The minimum Gasteiger partial charge on any atom is -0.303 e. The Labute approximate surface area is 119 Å². The molecule has 0 saturated carbocycles. The fraction of sp³-hybridized carbons (Fsp3) is 0.0667. The molecule has 0 atom stereocenters. The van der Waals surface area contributed by atoms with Gasteiger partial charge in [0, 0.05) is 11.0 Å². The van der Waals surface area contributed by atoms with Crippen LogP contribution in [0.3, 0.4) is 0 Å². The van der Waals surface area contributed by atoms with E-state index in [1.807, 2.05) is 30.3 Å². The van der Waals surface area contributed by atoms with Gasteiger partial charge in [-0.15, -0.1) is 6.58 Å². The maximum atomic E-state index is 12.1. The number of allylic oxidation sites excluding steroid dienone is 1. The topological polar surface area (TPSA) is 45.8 Å². The summed E-state index contributed by atoms with van der Waals surface area (Å²) in [5.74, 6) is 0. The molecular formula is C15H11BrN2O. The van der Waals surface area contributed by atoms with Crippen LogP contribution in [0.25, 0.3) is 11.3 Å². The Kier molecular flexibility index (Phi) is 3.98. The molecule has 2 aromatic rings. The van der Waals surface area contributed by atoms with E-state index in [0.717, 1.165) is 15.7 Å². The smallest absolute Gasteiger partial charge is 0.269 e. The van der Waals surface area contributed by atoms with Crippen molar-refractivity contribution >= 4 is 15.9 Å². The molecule has 0 radical (unpaired) electrons. The quantitative estimate of drug-likeness (QED) is 0.816. The molecule has 1 heterocycles. The van der Waals surface area contributed by atoms with E-state index >= 15 is 0 Å². The van der Waals surface area contributed by atoms with Gasteiger partial charge in [-0.2, -0.15) is 5.26 Å². The van der Waals surface area contributed by atoms with Gasteiger partial charge < -0.3 is 4.57 Å². The third-order valence-electron chi connectivity index (χ3n) is 2.75. The zero-order valence-electron chi connectivity index (χ0n) is 10.1. The molecule has 0 saturated heterocycles. The summed E-state index contributed by atoms with van der Waals surface area (Å²) >= 11 is 3.38. The minimum atomic E-state index is -0.289. The van der Waals surface area contributed by atoms with Crippen molar-refractivity contribution in [2.45, 2.75) is 6.54 Å². The lowest BCUT2D eigenvalue weighted by Crippen LogP contribution is -2.23. The largest absolute Gasteiger partial charge is 0.303 e. The third-order valence-corrected chi connectivity index (χ3v) is 3.28. The van der Waals surface area contributed by atoms with E-state index in [1.54, 1.807) is 22.8 Å². The summed E-state index contributed by atoms with van der Waals surface area (Å²) in [4.78, 5) is 12.1. The van der Waals surface area contributed by atoms with Crippen LogP contribution in [0.15, 0.2) is 58.3 Å². The summed E-state index contributed by atoms with van der Waals surface area (Å²) in [6, 6.07) is 12.9. The SMILES string of the molecule is C=CCn1c(-c2ccc(Br)cc2)ccc(C#N)c1=O. The maximum Gasteiger partial charge on any atom is 0.269 e. The van der Waals surface area contributed by atoms with Gasteiger partial charge in [-0.05, 0) is 29.8 Å². The molecular weight excluding hydrogens is 304 g/mol. The highest BCUT2D eigenvalue weighted by molar-refractivity contribution is 9.10.